The molecule has 1 amide bonds. The molecule has 1 saturated heterocycles. The Kier molecular flexibility index (Phi) is 5.36. The number of ether oxygens (including phenoxy) is 5. The fourth-order valence-corrected chi connectivity index (χ4v) is 5.13. The standard InChI is InChI=1S/C23H22ClNO8/c1-29-16-3-10(4-17(30-2)22(16)27)19-11-5-14-15(33-9-32-14)6-12(11)21(25-18(26)7-24)13-8-31-23(28)20(13)19/h3-6,13,19-21,27H,7-9H2,1-2H3,(H,25,26)/t13-,19?,20-,21+/m0/s1. The lowest BCUT2D eigenvalue weighted by atomic mass is 9.65. The van der Waals surface area contributed by atoms with Crippen LogP contribution in [0.25, 0.3) is 0 Å². The summed E-state index contributed by atoms with van der Waals surface area (Å²) < 4.78 is 27.3. The predicted molar refractivity (Wildman–Crippen MR) is 115 cm³/mol. The second-order valence-corrected chi connectivity index (χ2v) is 8.35. The molecule has 174 valence electrons. The average Bonchev–Trinajstić information content (AvgIpc) is 3.44. The third-order valence-electron chi connectivity index (χ3n) is 6.49. The number of alkyl halides is 1. The molecule has 1 aliphatic carbocycles. The summed E-state index contributed by atoms with van der Waals surface area (Å²) in [5.41, 5.74) is 2.25. The van der Waals surface area contributed by atoms with Gasteiger partial charge in [0.15, 0.2) is 23.0 Å². The van der Waals surface area contributed by atoms with Crippen LogP contribution in [-0.4, -0.2) is 50.5 Å². The Morgan fingerprint density at radius 3 is 2.33 bits per heavy atom. The lowest BCUT2D eigenvalue weighted by molar-refractivity contribution is -0.141. The van der Waals surface area contributed by atoms with Crippen LogP contribution in [0.15, 0.2) is 24.3 Å². The Hall–Kier alpha value is -3.33. The van der Waals surface area contributed by atoms with Crippen molar-refractivity contribution in [2.75, 3.05) is 33.5 Å². The minimum Gasteiger partial charge on any atom is -0.502 e. The SMILES string of the molecule is COc1cc(C2c3cc4c(cc3[C@@H](NC(=O)CCl)[C@H]3COC(=O)[C@H]23)OCO4)cc(OC)c1O. The van der Waals surface area contributed by atoms with Crippen LogP contribution >= 0.6 is 11.6 Å². The zero-order valence-corrected chi connectivity index (χ0v) is 18.7. The summed E-state index contributed by atoms with van der Waals surface area (Å²) in [7, 11) is 2.88. The van der Waals surface area contributed by atoms with E-state index in [4.69, 9.17) is 35.3 Å². The first-order valence-electron chi connectivity index (χ1n) is 10.4. The second kappa shape index (κ2) is 8.22. The van der Waals surface area contributed by atoms with Crippen LogP contribution < -0.4 is 24.3 Å². The Morgan fingerprint density at radius 1 is 1.09 bits per heavy atom. The van der Waals surface area contributed by atoms with Gasteiger partial charge in [-0.15, -0.1) is 11.6 Å². The molecule has 0 bridgehead atoms. The van der Waals surface area contributed by atoms with Gasteiger partial charge in [-0.3, -0.25) is 9.59 Å². The molecule has 0 aromatic heterocycles. The number of aromatic hydroxyl groups is 1. The van der Waals surface area contributed by atoms with Gasteiger partial charge in [0.2, 0.25) is 18.4 Å². The Labute approximate surface area is 194 Å². The van der Waals surface area contributed by atoms with E-state index in [1.807, 2.05) is 12.1 Å². The lowest BCUT2D eigenvalue weighted by Gasteiger charge is -2.39. The molecule has 2 aromatic carbocycles. The number of benzene rings is 2. The molecule has 4 atom stereocenters. The molecule has 2 N–H and O–H groups in total. The van der Waals surface area contributed by atoms with Crippen LogP contribution in [0.3, 0.4) is 0 Å². The number of hydrogen-bond donors (Lipinski definition) is 2. The molecule has 5 rings (SSSR count). The van der Waals surface area contributed by atoms with Crippen molar-refractivity contribution in [1.82, 2.24) is 5.32 Å². The zero-order valence-electron chi connectivity index (χ0n) is 17.9. The van der Waals surface area contributed by atoms with Gasteiger partial charge in [-0.2, -0.15) is 0 Å². The molecule has 9 nitrogen and oxygen atoms in total. The number of carbonyl (C=O) groups excluding carboxylic acids is 2. The van der Waals surface area contributed by atoms with Crippen molar-refractivity contribution in [3.05, 3.63) is 41.0 Å². The van der Waals surface area contributed by atoms with E-state index in [1.165, 1.54) is 14.2 Å². The number of nitrogens with one attached hydrogen (secondary N) is 1. The van der Waals surface area contributed by atoms with Crippen LogP contribution in [0.2, 0.25) is 0 Å². The number of rotatable bonds is 5. The Morgan fingerprint density at radius 2 is 1.73 bits per heavy atom. The van der Waals surface area contributed by atoms with Crippen LogP contribution in [-0.2, 0) is 14.3 Å². The third kappa shape index (κ3) is 3.38. The van der Waals surface area contributed by atoms with Gasteiger partial charge in [-0.25, -0.2) is 0 Å². The van der Waals surface area contributed by atoms with Gasteiger partial charge >= 0.3 is 5.97 Å². The van der Waals surface area contributed by atoms with Crippen molar-refractivity contribution in [1.29, 1.82) is 0 Å². The van der Waals surface area contributed by atoms with E-state index in [0.29, 0.717) is 17.1 Å². The number of halogens is 1. The van der Waals surface area contributed by atoms with Gasteiger partial charge in [0.1, 0.15) is 5.88 Å². The van der Waals surface area contributed by atoms with Crippen molar-refractivity contribution >= 4 is 23.5 Å². The van der Waals surface area contributed by atoms with E-state index < -0.39 is 17.9 Å². The van der Waals surface area contributed by atoms with Gasteiger partial charge in [0, 0.05) is 11.8 Å². The molecule has 2 heterocycles. The van der Waals surface area contributed by atoms with Crippen LogP contribution in [0.4, 0.5) is 0 Å². The Bertz CT molecular complexity index is 1110. The summed E-state index contributed by atoms with van der Waals surface area (Å²) in [6, 6.07) is 6.51. The number of fused-ring (bicyclic) bond motifs is 3. The maximum Gasteiger partial charge on any atom is 0.310 e. The fraction of sp³-hybridized carbons (Fsp3) is 0.391. The monoisotopic (exact) mass is 475 g/mol. The summed E-state index contributed by atoms with van der Waals surface area (Å²) in [5, 5.41) is 13.3. The summed E-state index contributed by atoms with van der Waals surface area (Å²) in [6.45, 7) is 0.227. The topological polar surface area (TPSA) is 113 Å². The van der Waals surface area contributed by atoms with E-state index in [9.17, 15) is 14.7 Å². The van der Waals surface area contributed by atoms with Gasteiger partial charge in [-0.1, -0.05) is 0 Å². The largest absolute Gasteiger partial charge is 0.502 e. The molecule has 0 spiro atoms. The normalized spacial score (nSPS) is 24.5. The van der Waals surface area contributed by atoms with Gasteiger partial charge < -0.3 is 34.1 Å². The number of phenolic OH excluding ortho intramolecular Hbond substituents is 1. The van der Waals surface area contributed by atoms with Crippen molar-refractivity contribution in [3.8, 4) is 28.7 Å². The fourth-order valence-electron chi connectivity index (χ4n) is 5.05. The first-order valence-corrected chi connectivity index (χ1v) is 10.9. The molecule has 1 fully saturated rings. The minimum atomic E-state index is -0.600. The van der Waals surface area contributed by atoms with E-state index in [-0.39, 0.29) is 54.3 Å². The highest BCUT2D eigenvalue weighted by molar-refractivity contribution is 6.27. The molecular weight excluding hydrogens is 454 g/mol. The first-order chi connectivity index (χ1) is 16.0. The summed E-state index contributed by atoms with van der Waals surface area (Å²) >= 11 is 5.76. The van der Waals surface area contributed by atoms with E-state index in [1.54, 1.807) is 12.1 Å². The van der Waals surface area contributed by atoms with Crippen LogP contribution in [0.5, 0.6) is 28.7 Å². The van der Waals surface area contributed by atoms with Crippen LogP contribution in [0.1, 0.15) is 28.7 Å². The third-order valence-corrected chi connectivity index (χ3v) is 6.73. The number of hydrogen-bond acceptors (Lipinski definition) is 8. The molecule has 0 saturated carbocycles. The molecule has 1 unspecified atom stereocenters. The number of esters is 1. The predicted octanol–water partition coefficient (Wildman–Crippen LogP) is 2.47. The number of carbonyl (C=O) groups is 2. The highest BCUT2D eigenvalue weighted by Crippen LogP contribution is 2.55. The number of methoxy groups -OCH3 is 2. The molecule has 10 heteroatoms. The summed E-state index contributed by atoms with van der Waals surface area (Å²) in [4.78, 5) is 25.2. The first kappa shape index (κ1) is 21.5. The van der Waals surface area contributed by atoms with Gasteiger partial charge in [-0.05, 0) is 41.0 Å². The quantitative estimate of drug-likeness (QED) is 0.501. The molecule has 3 aliphatic rings. The minimum absolute atomic E-state index is 0.0807. The van der Waals surface area contributed by atoms with Crippen molar-refractivity contribution < 1.29 is 38.4 Å². The van der Waals surface area contributed by atoms with Crippen LogP contribution in [0, 0.1) is 11.8 Å². The smallest absolute Gasteiger partial charge is 0.310 e. The lowest BCUT2D eigenvalue weighted by Crippen LogP contribution is -2.43. The summed E-state index contributed by atoms with van der Waals surface area (Å²) in [6.07, 6.45) is 0. The van der Waals surface area contributed by atoms with E-state index in [0.717, 1.165) is 11.1 Å². The van der Waals surface area contributed by atoms with Crippen molar-refractivity contribution in [2.24, 2.45) is 11.8 Å². The molecule has 33 heavy (non-hydrogen) atoms. The van der Waals surface area contributed by atoms with E-state index in [2.05, 4.69) is 5.32 Å². The Balaban J connectivity index is 1.74. The number of cyclic esters (lactones) is 1. The number of phenols is 1. The maximum absolute atomic E-state index is 13.0. The highest BCUT2D eigenvalue weighted by Gasteiger charge is 2.53. The number of amides is 1. The summed E-state index contributed by atoms with van der Waals surface area (Å²) in [5.74, 6) is -0.946. The average molecular weight is 476 g/mol. The highest BCUT2D eigenvalue weighted by atomic mass is 35.5. The molecule has 0 radical (unpaired) electrons. The van der Waals surface area contributed by atoms with Crippen molar-refractivity contribution in [3.63, 3.8) is 0 Å². The van der Waals surface area contributed by atoms with Crippen molar-refractivity contribution in [2.45, 2.75) is 12.0 Å². The second-order valence-electron chi connectivity index (χ2n) is 8.08. The zero-order chi connectivity index (χ0) is 23.3. The molecule has 2 aromatic rings. The van der Waals surface area contributed by atoms with E-state index >= 15 is 0 Å². The maximum atomic E-state index is 13.0. The molecule has 2 aliphatic heterocycles. The van der Waals surface area contributed by atoms with Gasteiger partial charge in [0.05, 0.1) is 32.8 Å². The molecular formula is C23H22ClNO8. The van der Waals surface area contributed by atoms with Gasteiger partial charge in [0.25, 0.3) is 0 Å².